The van der Waals surface area contributed by atoms with Gasteiger partial charge in [-0.1, -0.05) is 0 Å². The molecule has 0 spiro atoms. The van der Waals surface area contributed by atoms with E-state index in [4.69, 9.17) is 14.5 Å². The molecule has 1 atom stereocenters. The number of amides is 1. The first-order valence-electron chi connectivity index (χ1n) is 15.1. The van der Waals surface area contributed by atoms with Gasteiger partial charge in [0.15, 0.2) is 23.1 Å². The fraction of sp³-hybridized carbons (Fsp3) is 0.333. The molecular formula is C33H34N10O4. The van der Waals surface area contributed by atoms with Crippen LogP contribution in [0.2, 0.25) is 0 Å². The molecule has 14 heteroatoms. The summed E-state index contributed by atoms with van der Waals surface area (Å²) >= 11 is 0. The normalized spacial score (nSPS) is 14.7. The fourth-order valence-electron chi connectivity index (χ4n) is 5.27. The number of nitrogens with zero attached hydrogens (tertiary/aromatic N) is 9. The summed E-state index contributed by atoms with van der Waals surface area (Å²) in [4.78, 5) is 36.4. The molecule has 47 heavy (non-hydrogen) atoms. The Kier molecular flexibility index (Phi) is 8.06. The minimum absolute atomic E-state index is 0.189. The number of nitrogens with one attached hydrogen (secondary N) is 1. The number of likely N-dealkylation sites (tertiary alicyclic amines) is 1. The van der Waals surface area contributed by atoms with Crippen LogP contribution < -0.4 is 10.1 Å². The Labute approximate surface area is 271 Å². The average Bonchev–Trinajstić information content (AvgIpc) is 3.75. The molecule has 14 nitrogen and oxygen atoms in total. The van der Waals surface area contributed by atoms with E-state index in [1.165, 1.54) is 11.6 Å². The number of hydrogen-bond donors (Lipinski definition) is 1. The van der Waals surface area contributed by atoms with Gasteiger partial charge in [-0.3, -0.25) is 9.36 Å². The van der Waals surface area contributed by atoms with Gasteiger partial charge in [0.1, 0.15) is 35.7 Å². The fourth-order valence-corrected chi connectivity index (χ4v) is 5.27. The van der Waals surface area contributed by atoms with Crippen LogP contribution in [-0.2, 0) is 4.74 Å². The zero-order valence-corrected chi connectivity index (χ0v) is 27.0. The molecule has 1 aliphatic rings. The third-order valence-corrected chi connectivity index (χ3v) is 7.49. The maximum atomic E-state index is 12.7. The lowest BCUT2D eigenvalue weighted by atomic mass is 10.2. The third kappa shape index (κ3) is 6.60. The van der Waals surface area contributed by atoms with Crippen molar-refractivity contribution in [2.24, 2.45) is 0 Å². The Balaban J connectivity index is 1.39. The van der Waals surface area contributed by atoms with Gasteiger partial charge in [-0.15, -0.1) is 5.10 Å². The number of nitriles is 1. The van der Waals surface area contributed by atoms with E-state index >= 15 is 0 Å². The van der Waals surface area contributed by atoms with Crippen LogP contribution in [0.15, 0.2) is 48.8 Å². The second kappa shape index (κ2) is 12.2. The zero-order chi connectivity index (χ0) is 33.5. The zero-order valence-electron chi connectivity index (χ0n) is 27.0. The first-order chi connectivity index (χ1) is 22.4. The van der Waals surface area contributed by atoms with Crippen molar-refractivity contribution in [1.82, 2.24) is 39.4 Å². The molecule has 0 unspecified atom stereocenters. The molecule has 0 radical (unpaired) electrons. The number of imidazole rings is 1. The minimum Gasteiger partial charge on any atom is -0.486 e. The van der Waals surface area contributed by atoms with Crippen molar-refractivity contribution in [2.45, 2.75) is 59.7 Å². The number of rotatable bonds is 7. The maximum Gasteiger partial charge on any atom is 0.410 e. The van der Waals surface area contributed by atoms with E-state index in [0.29, 0.717) is 70.7 Å². The van der Waals surface area contributed by atoms with Crippen molar-refractivity contribution in [3.05, 3.63) is 71.4 Å². The van der Waals surface area contributed by atoms with Gasteiger partial charge in [0.2, 0.25) is 0 Å². The van der Waals surface area contributed by atoms with Crippen LogP contribution in [0.25, 0.3) is 22.7 Å². The molecule has 1 saturated heterocycles. The highest BCUT2D eigenvalue weighted by atomic mass is 16.6. The van der Waals surface area contributed by atoms with Gasteiger partial charge in [0.05, 0.1) is 34.5 Å². The molecule has 0 aliphatic carbocycles. The van der Waals surface area contributed by atoms with Gasteiger partial charge in [-0.2, -0.15) is 15.5 Å². The Morgan fingerprint density at radius 1 is 1.09 bits per heavy atom. The van der Waals surface area contributed by atoms with Crippen LogP contribution >= 0.6 is 0 Å². The predicted molar refractivity (Wildman–Crippen MR) is 172 cm³/mol. The van der Waals surface area contributed by atoms with Crippen molar-refractivity contribution in [3.8, 4) is 23.5 Å². The molecule has 5 aromatic rings. The summed E-state index contributed by atoms with van der Waals surface area (Å²) in [6, 6.07) is 14.5. The molecule has 1 amide bonds. The van der Waals surface area contributed by atoms with Crippen molar-refractivity contribution in [3.63, 3.8) is 0 Å². The van der Waals surface area contributed by atoms with E-state index < -0.39 is 5.60 Å². The summed E-state index contributed by atoms with van der Waals surface area (Å²) in [5, 5.41) is 25.4. The number of carbonyl (C=O) groups excluding carboxylic acids is 2. The second-order valence-electron chi connectivity index (χ2n) is 12.4. The van der Waals surface area contributed by atoms with Gasteiger partial charge in [-0.05, 0) is 77.9 Å². The third-order valence-electron chi connectivity index (χ3n) is 7.49. The minimum atomic E-state index is -0.601. The quantitative estimate of drug-likeness (QED) is 0.233. The first-order valence-corrected chi connectivity index (χ1v) is 15.1. The molecule has 1 fully saturated rings. The molecule has 5 heterocycles. The van der Waals surface area contributed by atoms with E-state index in [0.717, 1.165) is 5.69 Å². The molecular weight excluding hydrogens is 600 g/mol. The lowest BCUT2D eigenvalue weighted by Crippen LogP contribution is -2.36. The van der Waals surface area contributed by atoms with Crippen LogP contribution in [0.4, 0.5) is 16.3 Å². The summed E-state index contributed by atoms with van der Waals surface area (Å²) in [7, 11) is 0. The molecule has 0 saturated carbocycles. The number of aryl methyl sites for hydroxylation is 2. The largest absolute Gasteiger partial charge is 0.486 e. The standard InChI is InChI=1S/C33H34N10O4/c1-19-7-9-29(39-38-19)36-26-14-25-27(15-28(26)46-23-11-12-41(17-23)32(45)47-33(4,5)6)42(18-35-25)30-10-8-24(21(3)44)31(37-30)43-20(2)13-22(16-34)40-43/h7-10,13-15,18,23H,11-12,17H2,1-6H3,(H,36,39)/t23-/m0/s1. The summed E-state index contributed by atoms with van der Waals surface area (Å²) in [6.45, 7) is 11.5. The van der Waals surface area contributed by atoms with Gasteiger partial charge >= 0.3 is 6.09 Å². The number of anilines is 2. The second-order valence-corrected chi connectivity index (χ2v) is 12.4. The Hall–Kier alpha value is -5.84. The van der Waals surface area contributed by atoms with Crippen molar-refractivity contribution in [2.75, 3.05) is 18.4 Å². The number of benzene rings is 1. The van der Waals surface area contributed by atoms with Crippen molar-refractivity contribution < 1.29 is 19.1 Å². The number of pyridine rings is 1. The van der Waals surface area contributed by atoms with Crippen LogP contribution in [0.1, 0.15) is 61.6 Å². The van der Waals surface area contributed by atoms with E-state index in [-0.39, 0.29) is 23.7 Å². The van der Waals surface area contributed by atoms with E-state index in [9.17, 15) is 14.9 Å². The Morgan fingerprint density at radius 2 is 1.89 bits per heavy atom. The lowest BCUT2D eigenvalue weighted by Gasteiger charge is -2.24. The lowest BCUT2D eigenvalue weighted by molar-refractivity contribution is 0.0275. The van der Waals surface area contributed by atoms with Crippen LogP contribution in [-0.4, -0.2) is 76.1 Å². The topological polar surface area (TPSA) is 166 Å². The smallest absolute Gasteiger partial charge is 0.410 e. The maximum absolute atomic E-state index is 12.7. The van der Waals surface area contributed by atoms with Gasteiger partial charge in [0.25, 0.3) is 0 Å². The van der Waals surface area contributed by atoms with E-state index in [1.807, 2.05) is 58.0 Å². The highest BCUT2D eigenvalue weighted by molar-refractivity contribution is 5.97. The molecule has 1 aliphatic heterocycles. The number of ether oxygens (including phenoxy) is 2. The van der Waals surface area contributed by atoms with Crippen LogP contribution in [0.3, 0.4) is 0 Å². The number of Topliss-reactive ketones (excluding diaryl/α,β-unsaturated/α-hetero) is 1. The Morgan fingerprint density at radius 3 is 2.57 bits per heavy atom. The average molecular weight is 635 g/mol. The number of ketones is 1. The van der Waals surface area contributed by atoms with Crippen molar-refractivity contribution >= 4 is 34.4 Å². The highest BCUT2D eigenvalue weighted by Gasteiger charge is 2.31. The molecule has 1 aromatic carbocycles. The summed E-state index contributed by atoms with van der Waals surface area (Å²) < 4.78 is 15.4. The summed E-state index contributed by atoms with van der Waals surface area (Å²) in [6.07, 6.45) is 1.58. The predicted octanol–water partition coefficient (Wildman–Crippen LogP) is 5.22. The molecule has 1 N–H and O–H groups in total. The van der Waals surface area contributed by atoms with E-state index in [2.05, 4.69) is 25.6 Å². The SMILES string of the molecule is CC(=O)c1ccc(-n2cnc3cc(Nc4ccc(C)nn4)c(O[C@H]4CCN(C(=O)OC(C)(C)C)C4)cc32)nc1-n1nc(C#N)cc1C. The molecule has 4 aromatic heterocycles. The van der Waals surface area contributed by atoms with Crippen molar-refractivity contribution in [1.29, 1.82) is 5.26 Å². The van der Waals surface area contributed by atoms with Crippen LogP contribution in [0, 0.1) is 25.2 Å². The number of carbonyl (C=O) groups is 2. The molecule has 0 bridgehead atoms. The van der Waals surface area contributed by atoms with Gasteiger partial charge in [-0.25, -0.2) is 19.4 Å². The van der Waals surface area contributed by atoms with Crippen LogP contribution in [0.5, 0.6) is 5.75 Å². The first kappa shape index (κ1) is 31.2. The Bertz CT molecular complexity index is 2040. The monoisotopic (exact) mass is 634 g/mol. The number of aromatic nitrogens is 7. The van der Waals surface area contributed by atoms with E-state index in [1.54, 1.807) is 40.9 Å². The van der Waals surface area contributed by atoms with Gasteiger partial charge < -0.3 is 19.7 Å². The molecule has 240 valence electrons. The summed E-state index contributed by atoms with van der Waals surface area (Å²) in [5.74, 6) is 1.63. The number of fused-ring (bicyclic) bond motifs is 1. The number of hydrogen-bond acceptors (Lipinski definition) is 11. The van der Waals surface area contributed by atoms with Gasteiger partial charge in [0, 0.05) is 24.7 Å². The summed E-state index contributed by atoms with van der Waals surface area (Å²) in [5.41, 5.74) is 3.37. The highest BCUT2D eigenvalue weighted by Crippen LogP contribution is 2.35. The molecule has 6 rings (SSSR count).